The zero-order valence-corrected chi connectivity index (χ0v) is 9.58. The third-order valence-corrected chi connectivity index (χ3v) is 2.41. The van der Waals surface area contributed by atoms with Crippen LogP contribution in [0.25, 0.3) is 0 Å². The lowest BCUT2D eigenvalue weighted by atomic mass is 10.0. The lowest BCUT2D eigenvalue weighted by Gasteiger charge is -2.15. The van der Waals surface area contributed by atoms with Gasteiger partial charge in [-0.05, 0) is 25.0 Å². The van der Waals surface area contributed by atoms with E-state index < -0.39 is 36.5 Å². The minimum atomic E-state index is -4.61. The summed E-state index contributed by atoms with van der Waals surface area (Å²) in [5, 5.41) is 6.67. The average molecular weight is 272 g/mol. The fourth-order valence-corrected chi connectivity index (χ4v) is 1.47. The van der Waals surface area contributed by atoms with Crippen molar-refractivity contribution in [1.82, 2.24) is 10.2 Å². The Morgan fingerprint density at radius 1 is 0.833 bits per heavy atom. The second-order valence-corrected chi connectivity index (χ2v) is 3.92. The molecule has 0 saturated heterocycles. The Balaban J connectivity index is 3.22. The van der Waals surface area contributed by atoms with Crippen LogP contribution in [0.5, 0.6) is 0 Å². The number of nitrogens with zero attached hydrogens (tertiary/aromatic N) is 2. The van der Waals surface area contributed by atoms with Gasteiger partial charge in [-0.1, -0.05) is 0 Å². The quantitative estimate of drug-likeness (QED) is 0.772. The fraction of sp³-hybridized carbons (Fsp3) is 0.600. The standard InChI is InChI=1S/C10H10F6N2/c1-5-6(2)17-18-8(4-10(14,15)16)7(5)3-9(11,12)13/h3-4H2,1-2H3. The van der Waals surface area contributed by atoms with E-state index in [-0.39, 0.29) is 11.3 Å². The van der Waals surface area contributed by atoms with Gasteiger partial charge in [-0.3, -0.25) is 0 Å². The first-order chi connectivity index (χ1) is 7.99. The van der Waals surface area contributed by atoms with E-state index in [1.165, 1.54) is 13.8 Å². The van der Waals surface area contributed by atoms with E-state index in [1.54, 1.807) is 0 Å². The van der Waals surface area contributed by atoms with Gasteiger partial charge in [0, 0.05) is 0 Å². The summed E-state index contributed by atoms with van der Waals surface area (Å²) >= 11 is 0. The van der Waals surface area contributed by atoms with Crippen molar-refractivity contribution in [3.05, 3.63) is 22.5 Å². The van der Waals surface area contributed by atoms with Crippen molar-refractivity contribution in [2.75, 3.05) is 0 Å². The number of rotatable bonds is 2. The summed E-state index contributed by atoms with van der Waals surface area (Å²) in [6.07, 6.45) is -12.1. The maximum absolute atomic E-state index is 12.3. The molecule has 102 valence electrons. The smallest absolute Gasteiger partial charge is 0.171 e. The summed E-state index contributed by atoms with van der Waals surface area (Å²) in [5.41, 5.74) is -0.808. The van der Waals surface area contributed by atoms with Crippen molar-refractivity contribution in [3.8, 4) is 0 Å². The monoisotopic (exact) mass is 272 g/mol. The van der Waals surface area contributed by atoms with Crippen LogP contribution < -0.4 is 0 Å². The van der Waals surface area contributed by atoms with Crippen molar-refractivity contribution < 1.29 is 26.3 Å². The maximum atomic E-state index is 12.3. The van der Waals surface area contributed by atoms with Crippen LogP contribution in [0.1, 0.15) is 22.5 Å². The summed E-state index contributed by atoms with van der Waals surface area (Å²) in [7, 11) is 0. The molecule has 2 nitrogen and oxygen atoms in total. The summed E-state index contributed by atoms with van der Waals surface area (Å²) in [4.78, 5) is 0. The van der Waals surface area contributed by atoms with Crippen molar-refractivity contribution in [2.45, 2.75) is 39.0 Å². The normalized spacial score (nSPS) is 12.9. The second-order valence-electron chi connectivity index (χ2n) is 3.92. The zero-order valence-electron chi connectivity index (χ0n) is 9.58. The number of halogens is 6. The number of hydrogen-bond acceptors (Lipinski definition) is 2. The molecule has 0 atom stereocenters. The molecule has 0 aromatic carbocycles. The van der Waals surface area contributed by atoms with Crippen LogP contribution in [0.3, 0.4) is 0 Å². The van der Waals surface area contributed by atoms with Crippen LogP contribution in [0.4, 0.5) is 26.3 Å². The van der Waals surface area contributed by atoms with Crippen molar-refractivity contribution >= 4 is 0 Å². The topological polar surface area (TPSA) is 25.8 Å². The Morgan fingerprint density at radius 2 is 1.33 bits per heavy atom. The van der Waals surface area contributed by atoms with Crippen LogP contribution in [-0.2, 0) is 12.8 Å². The summed E-state index contributed by atoms with van der Waals surface area (Å²) < 4.78 is 73.7. The molecule has 0 radical (unpaired) electrons. The van der Waals surface area contributed by atoms with Gasteiger partial charge in [0.2, 0.25) is 0 Å². The minimum Gasteiger partial charge on any atom is -0.171 e. The number of aryl methyl sites for hydroxylation is 1. The third-order valence-electron chi connectivity index (χ3n) is 2.41. The zero-order chi connectivity index (χ0) is 14.1. The molecule has 18 heavy (non-hydrogen) atoms. The Morgan fingerprint density at radius 3 is 1.78 bits per heavy atom. The molecule has 0 fully saturated rings. The predicted octanol–water partition coefficient (Wildman–Crippen LogP) is 3.30. The molecular weight excluding hydrogens is 262 g/mol. The van der Waals surface area contributed by atoms with E-state index in [2.05, 4.69) is 10.2 Å². The highest BCUT2D eigenvalue weighted by molar-refractivity contribution is 5.32. The van der Waals surface area contributed by atoms with Gasteiger partial charge < -0.3 is 0 Å². The Labute approximate surface area is 99.0 Å². The van der Waals surface area contributed by atoms with Crippen LogP contribution in [0, 0.1) is 13.8 Å². The largest absolute Gasteiger partial charge is 0.394 e. The number of aromatic nitrogens is 2. The Kier molecular flexibility index (Phi) is 3.87. The molecule has 0 unspecified atom stereocenters. The average Bonchev–Trinajstić information content (AvgIpc) is 2.14. The van der Waals surface area contributed by atoms with E-state index >= 15 is 0 Å². The van der Waals surface area contributed by atoms with Crippen LogP contribution in [0.15, 0.2) is 0 Å². The van der Waals surface area contributed by atoms with Gasteiger partial charge in [-0.2, -0.15) is 36.5 Å². The fourth-order valence-electron chi connectivity index (χ4n) is 1.47. The van der Waals surface area contributed by atoms with Gasteiger partial charge in [0.05, 0.1) is 24.2 Å². The molecule has 0 spiro atoms. The van der Waals surface area contributed by atoms with E-state index in [4.69, 9.17) is 0 Å². The van der Waals surface area contributed by atoms with Gasteiger partial charge in [0.15, 0.2) is 0 Å². The molecular formula is C10H10F6N2. The molecule has 1 heterocycles. The second kappa shape index (κ2) is 4.74. The van der Waals surface area contributed by atoms with Gasteiger partial charge >= 0.3 is 12.4 Å². The highest BCUT2D eigenvalue weighted by Gasteiger charge is 2.35. The Hall–Kier alpha value is -1.34. The molecule has 1 aromatic heterocycles. The summed E-state index contributed by atoms with van der Waals surface area (Å²) in [6, 6.07) is 0. The first kappa shape index (κ1) is 14.7. The molecule has 1 aromatic rings. The molecule has 1 rings (SSSR count). The molecule has 8 heteroatoms. The molecule has 0 bridgehead atoms. The van der Waals surface area contributed by atoms with Crippen molar-refractivity contribution in [2.24, 2.45) is 0 Å². The first-order valence-electron chi connectivity index (χ1n) is 4.95. The van der Waals surface area contributed by atoms with Gasteiger partial charge in [0.25, 0.3) is 0 Å². The molecule has 0 aliphatic carbocycles. The molecule has 0 N–H and O–H groups in total. The van der Waals surface area contributed by atoms with E-state index in [0.29, 0.717) is 0 Å². The molecule has 0 amide bonds. The maximum Gasteiger partial charge on any atom is 0.394 e. The van der Waals surface area contributed by atoms with Crippen molar-refractivity contribution in [1.29, 1.82) is 0 Å². The predicted molar refractivity (Wildman–Crippen MR) is 51.0 cm³/mol. The van der Waals surface area contributed by atoms with Crippen LogP contribution in [0.2, 0.25) is 0 Å². The highest BCUT2D eigenvalue weighted by atomic mass is 19.4. The van der Waals surface area contributed by atoms with E-state index in [9.17, 15) is 26.3 Å². The Bertz CT molecular complexity index is 435. The lowest BCUT2D eigenvalue weighted by molar-refractivity contribution is -0.133. The number of hydrogen-bond donors (Lipinski definition) is 0. The molecule has 0 aliphatic heterocycles. The molecule has 0 aliphatic rings. The SMILES string of the molecule is Cc1nnc(CC(F)(F)F)c(CC(F)(F)F)c1C. The third kappa shape index (κ3) is 4.15. The van der Waals surface area contributed by atoms with E-state index in [1.807, 2.05) is 0 Å². The van der Waals surface area contributed by atoms with Crippen LogP contribution >= 0.6 is 0 Å². The van der Waals surface area contributed by atoms with Gasteiger partial charge in [-0.25, -0.2) is 0 Å². The van der Waals surface area contributed by atoms with E-state index in [0.717, 1.165) is 0 Å². The summed E-state index contributed by atoms with van der Waals surface area (Å²) in [5.74, 6) is 0. The van der Waals surface area contributed by atoms with Gasteiger partial charge in [-0.15, -0.1) is 0 Å². The first-order valence-corrected chi connectivity index (χ1v) is 4.95. The van der Waals surface area contributed by atoms with Crippen LogP contribution in [-0.4, -0.2) is 22.5 Å². The highest BCUT2D eigenvalue weighted by Crippen LogP contribution is 2.29. The lowest BCUT2D eigenvalue weighted by Crippen LogP contribution is -2.21. The van der Waals surface area contributed by atoms with Gasteiger partial charge in [0.1, 0.15) is 0 Å². The van der Waals surface area contributed by atoms with Crippen molar-refractivity contribution in [3.63, 3.8) is 0 Å². The number of alkyl halides is 6. The minimum absolute atomic E-state index is 0.0987. The summed E-state index contributed by atoms with van der Waals surface area (Å²) in [6.45, 7) is 2.71. The molecule has 0 saturated carbocycles.